The fraction of sp³-hybridized carbons (Fsp3) is 0.846. The lowest BCUT2D eigenvalue weighted by Gasteiger charge is -2.32. The molecule has 0 aromatic heterocycles. The van der Waals surface area contributed by atoms with E-state index in [-0.39, 0.29) is 17.9 Å². The van der Waals surface area contributed by atoms with Gasteiger partial charge >= 0.3 is 6.03 Å². The van der Waals surface area contributed by atoms with Gasteiger partial charge in [0.15, 0.2) is 0 Å². The van der Waals surface area contributed by atoms with Crippen molar-refractivity contribution in [3.8, 4) is 0 Å². The molecule has 1 saturated heterocycles. The minimum Gasteiger partial charge on any atom is -0.355 e. The Morgan fingerprint density at radius 3 is 2.74 bits per heavy atom. The summed E-state index contributed by atoms with van der Waals surface area (Å²) < 4.78 is 0. The fourth-order valence-corrected chi connectivity index (χ4v) is 2.12. The largest absolute Gasteiger partial charge is 0.355 e. The van der Waals surface area contributed by atoms with Crippen LogP contribution in [0.3, 0.4) is 0 Å². The van der Waals surface area contributed by atoms with Crippen molar-refractivity contribution in [3.05, 3.63) is 0 Å². The zero-order valence-corrected chi connectivity index (χ0v) is 11.9. The molecule has 1 rings (SSSR count). The molecule has 0 aromatic rings. The summed E-state index contributed by atoms with van der Waals surface area (Å²) in [6.07, 6.45) is 1.71. The Morgan fingerprint density at radius 2 is 2.11 bits per heavy atom. The molecule has 0 aliphatic carbocycles. The number of nitrogens with one attached hydrogen (secondary N) is 2. The normalized spacial score (nSPS) is 19.4. The van der Waals surface area contributed by atoms with Crippen molar-refractivity contribution in [3.63, 3.8) is 0 Å². The lowest BCUT2D eigenvalue weighted by Crippen LogP contribution is -2.49. The van der Waals surface area contributed by atoms with Gasteiger partial charge in [0.2, 0.25) is 5.91 Å². The van der Waals surface area contributed by atoms with E-state index in [1.165, 1.54) is 0 Å². The van der Waals surface area contributed by atoms with Gasteiger partial charge in [-0.05, 0) is 18.8 Å². The second-order valence-corrected chi connectivity index (χ2v) is 5.44. The summed E-state index contributed by atoms with van der Waals surface area (Å²) in [6, 6.07) is -0.0648. The molecule has 1 atom stereocenters. The van der Waals surface area contributed by atoms with E-state index < -0.39 is 0 Å². The Kier molecular flexibility index (Phi) is 6.62. The van der Waals surface area contributed by atoms with E-state index in [1.54, 1.807) is 4.90 Å². The number of nitrogens with two attached hydrogens (primary N) is 1. The van der Waals surface area contributed by atoms with Crippen LogP contribution in [0.15, 0.2) is 0 Å². The van der Waals surface area contributed by atoms with Crippen LogP contribution in [0.2, 0.25) is 0 Å². The van der Waals surface area contributed by atoms with Gasteiger partial charge in [-0.3, -0.25) is 4.79 Å². The molecule has 4 N–H and O–H groups in total. The number of nitrogens with zero attached hydrogens (tertiary/aromatic N) is 1. The Hall–Kier alpha value is -1.30. The lowest BCUT2D eigenvalue weighted by atomic mass is 9.97. The molecule has 1 unspecified atom stereocenters. The average Bonchev–Trinajstić information content (AvgIpc) is 2.42. The van der Waals surface area contributed by atoms with E-state index in [2.05, 4.69) is 24.5 Å². The molecule has 1 heterocycles. The molecule has 1 aliphatic heterocycles. The van der Waals surface area contributed by atoms with Gasteiger partial charge < -0.3 is 21.3 Å². The first-order chi connectivity index (χ1) is 9.04. The number of piperidine rings is 1. The van der Waals surface area contributed by atoms with Crippen molar-refractivity contribution in [2.75, 3.05) is 32.7 Å². The maximum atomic E-state index is 11.9. The summed E-state index contributed by atoms with van der Waals surface area (Å²) in [5.74, 6) is 0.328. The van der Waals surface area contributed by atoms with E-state index in [9.17, 15) is 9.59 Å². The predicted molar refractivity (Wildman–Crippen MR) is 74.6 cm³/mol. The number of hydrogen-bond acceptors (Lipinski definition) is 3. The van der Waals surface area contributed by atoms with Crippen LogP contribution in [-0.2, 0) is 4.79 Å². The fourth-order valence-electron chi connectivity index (χ4n) is 2.12. The van der Waals surface area contributed by atoms with E-state index in [4.69, 9.17) is 5.73 Å². The van der Waals surface area contributed by atoms with Gasteiger partial charge in [0, 0.05) is 32.7 Å². The first-order valence-corrected chi connectivity index (χ1v) is 7.05. The average molecular weight is 270 g/mol. The molecule has 19 heavy (non-hydrogen) atoms. The molecule has 1 fully saturated rings. The topological polar surface area (TPSA) is 87.5 Å². The van der Waals surface area contributed by atoms with Gasteiger partial charge in [-0.15, -0.1) is 0 Å². The Labute approximate surface area is 115 Å². The molecular formula is C13H26N4O2. The molecule has 0 spiro atoms. The highest BCUT2D eigenvalue weighted by atomic mass is 16.2. The first kappa shape index (κ1) is 15.8. The van der Waals surface area contributed by atoms with Crippen LogP contribution in [0.1, 0.15) is 26.7 Å². The molecule has 110 valence electrons. The maximum absolute atomic E-state index is 11.9. The smallest absolute Gasteiger partial charge is 0.317 e. The molecule has 0 saturated carbocycles. The van der Waals surface area contributed by atoms with Gasteiger partial charge in [0.05, 0.1) is 5.92 Å². The number of amides is 3. The van der Waals surface area contributed by atoms with Crippen molar-refractivity contribution < 1.29 is 9.59 Å². The number of carbonyl (C=O) groups excluding carboxylic acids is 2. The minimum atomic E-state index is -0.106. The summed E-state index contributed by atoms with van der Waals surface area (Å²) in [5.41, 5.74) is 5.36. The highest BCUT2D eigenvalue weighted by Crippen LogP contribution is 2.16. The van der Waals surface area contributed by atoms with Crippen molar-refractivity contribution >= 4 is 11.9 Å². The third-order valence-corrected chi connectivity index (χ3v) is 3.18. The molecule has 0 aromatic carbocycles. The van der Waals surface area contributed by atoms with Crippen LogP contribution in [0.25, 0.3) is 0 Å². The molecule has 3 amide bonds. The summed E-state index contributed by atoms with van der Waals surface area (Å²) in [4.78, 5) is 25.5. The predicted octanol–water partition coefficient (Wildman–Crippen LogP) is 0.139. The zero-order valence-electron chi connectivity index (χ0n) is 11.9. The quantitative estimate of drug-likeness (QED) is 0.664. The minimum absolute atomic E-state index is 0.00631. The number of urea groups is 1. The van der Waals surface area contributed by atoms with Gasteiger partial charge in [0.25, 0.3) is 0 Å². The third kappa shape index (κ3) is 5.46. The van der Waals surface area contributed by atoms with Crippen LogP contribution >= 0.6 is 0 Å². The SMILES string of the molecule is CC(C)CNC(=O)N1CCCC(C(=O)NCCN)C1. The van der Waals surface area contributed by atoms with Gasteiger partial charge in [-0.2, -0.15) is 0 Å². The summed E-state index contributed by atoms with van der Waals surface area (Å²) >= 11 is 0. The van der Waals surface area contributed by atoms with Crippen molar-refractivity contribution in [2.24, 2.45) is 17.6 Å². The highest BCUT2D eigenvalue weighted by molar-refractivity contribution is 5.80. The van der Waals surface area contributed by atoms with Crippen LogP contribution < -0.4 is 16.4 Å². The van der Waals surface area contributed by atoms with E-state index in [0.29, 0.717) is 32.1 Å². The second kappa shape index (κ2) is 7.99. The molecule has 6 nitrogen and oxygen atoms in total. The third-order valence-electron chi connectivity index (χ3n) is 3.18. The van der Waals surface area contributed by atoms with Crippen LogP contribution in [-0.4, -0.2) is 49.6 Å². The monoisotopic (exact) mass is 270 g/mol. The summed E-state index contributed by atoms with van der Waals surface area (Å²) in [7, 11) is 0. The van der Waals surface area contributed by atoms with E-state index >= 15 is 0 Å². The molecule has 1 aliphatic rings. The van der Waals surface area contributed by atoms with Crippen LogP contribution in [0, 0.1) is 11.8 Å². The van der Waals surface area contributed by atoms with E-state index in [1.807, 2.05) is 0 Å². The first-order valence-electron chi connectivity index (χ1n) is 7.05. The summed E-state index contributed by atoms with van der Waals surface area (Å²) in [6.45, 7) is 6.94. The van der Waals surface area contributed by atoms with Crippen molar-refractivity contribution in [1.29, 1.82) is 0 Å². The van der Waals surface area contributed by atoms with Crippen molar-refractivity contribution in [1.82, 2.24) is 15.5 Å². The Balaban J connectivity index is 2.40. The number of hydrogen-bond donors (Lipinski definition) is 3. The Morgan fingerprint density at radius 1 is 1.37 bits per heavy atom. The zero-order chi connectivity index (χ0) is 14.3. The highest BCUT2D eigenvalue weighted by Gasteiger charge is 2.27. The van der Waals surface area contributed by atoms with Crippen molar-refractivity contribution in [2.45, 2.75) is 26.7 Å². The summed E-state index contributed by atoms with van der Waals surface area (Å²) in [5, 5.41) is 5.68. The maximum Gasteiger partial charge on any atom is 0.317 e. The molecule has 0 bridgehead atoms. The standard InChI is InChI=1S/C13H26N4O2/c1-10(2)8-16-13(19)17-7-3-4-11(9-17)12(18)15-6-5-14/h10-11H,3-9,14H2,1-2H3,(H,15,18)(H,16,19). The number of carbonyl (C=O) groups is 2. The van der Waals surface area contributed by atoms with Gasteiger partial charge in [-0.25, -0.2) is 4.79 Å². The lowest BCUT2D eigenvalue weighted by molar-refractivity contribution is -0.126. The van der Waals surface area contributed by atoms with E-state index in [0.717, 1.165) is 19.4 Å². The van der Waals surface area contributed by atoms with Gasteiger partial charge in [-0.1, -0.05) is 13.8 Å². The molecular weight excluding hydrogens is 244 g/mol. The second-order valence-electron chi connectivity index (χ2n) is 5.44. The van der Waals surface area contributed by atoms with Crippen LogP contribution in [0.5, 0.6) is 0 Å². The number of rotatable bonds is 5. The molecule has 0 radical (unpaired) electrons. The van der Waals surface area contributed by atoms with Gasteiger partial charge in [0.1, 0.15) is 0 Å². The van der Waals surface area contributed by atoms with Crippen LogP contribution in [0.4, 0.5) is 4.79 Å². The Bertz CT molecular complexity index is 307. The number of likely N-dealkylation sites (tertiary alicyclic amines) is 1. The molecule has 6 heteroatoms.